The first-order valence-corrected chi connectivity index (χ1v) is 0. The number of rotatable bonds is 0. The molecule has 1 radical (unpaired) electrons. The number of hydrogen-bond donors (Lipinski definition) is 0. The quantitative estimate of drug-likeness (QED) is 0.481. The van der Waals surface area contributed by atoms with Gasteiger partial charge in [0.05, 0.1) is 0 Å². The summed E-state index contributed by atoms with van der Waals surface area (Å²) in [6, 6.07) is 0. The van der Waals surface area contributed by atoms with Gasteiger partial charge in [0.2, 0.25) is 0 Å². The first kappa shape index (κ1) is 39.1. The van der Waals surface area contributed by atoms with E-state index in [9.17, 15) is 0 Å². The third kappa shape index (κ3) is 9.08. The van der Waals surface area contributed by atoms with Crippen molar-refractivity contribution in [3.8, 4) is 0 Å². The summed E-state index contributed by atoms with van der Waals surface area (Å²) in [6.07, 6.45) is 0. The van der Waals surface area contributed by atoms with Gasteiger partial charge < -0.3 is 0 Å². The Bertz CT molecular complexity index is 8.00. The summed E-state index contributed by atoms with van der Waals surface area (Å²) in [5.74, 6) is 0. The Kier molecular flexibility index (Phi) is 201. The average molecular weight is 234 g/mol. The molecule has 0 aromatic heterocycles. The van der Waals surface area contributed by atoms with Crippen LogP contribution in [-0.2, 0) is 34.1 Å². The molecular weight excluding hydrogens is 230 g/mol. The van der Waals surface area contributed by atoms with Crippen molar-refractivity contribution in [1.29, 1.82) is 0 Å². The first-order chi connectivity index (χ1) is 0. The van der Waals surface area contributed by atoms with Crippen LogP contribution in [0, 0.1) is 0 Å². The minimum absolute atomic E-state index is 0. The van der Waals surface area contributed by atoms with Crippen molar-refractivity contribution >= 4 is 30.6 Å². The van der Waals surface area contributed by atoms with Crippen molar-refractivity contribution in [3.05, 3.63) is 0 Å². The van der Waals surface area contributed by atoms with Gasteiger partial charge in [-0.15, -0.1) is 0 Å². The van der Waals surface area contributed by atoms with E-state index in [2.05, 4.69) is 0 Å². The van der Waals surface area contributed by atoms with Crippen LogP contribution in [0.1, 0.15) is 0 Å². The summed E-state index contributed by atoms with van der Waals surface area (Å²) in [5, 5.41) is 0. The molecule has 0 saturated heterocycles. The van der Waals surface area contributed by atoms with Crippen LogP contribution in [0.2, 0.25) is 0 Å². The summed E-state index contributed by atoms with van der Waals surface area (Å²) in [5.41, 5.74) is 0. The fourth-order valence-electron chi connectivity index (χ4n) is 0. The van der Waals surface area contributed by atoms with Crippen LogP contribution in [0.5, 0.6) is 0 Å². The minimum atomic E-state index is 0. The Morgan fingerprint density at radius 2 is 1.00 bits per heavy atom. The number of hydrogen-bond acceptors (Lipinski definition) is 0. The van der Waals surface area contributed by atoms with Gasteiger partial charge in [-0.3, -0.25) is 0 Å². The standard InChI is InChI=1S/Cu.Fe.H2S.H2Se/h;;2*1H2. The topological polar surface area (TPSA) is 0 Å². The fourth-order valence-corrected chi connectivity index (χ4v) is 0. The van der Waals surface area contributed by atoms with E-state index in [1.165, 1.54) is 0 Å². The van der Waals surface area contributed by atoms with E-state index < -0.39 is 0 Å². The van der Waals surface area contributed by atoms with Crippen LogP contribution in [-0.4, -0.2) is 17.1 Å². The van der Waals surface area contributed by atoms with Crippen LogP contribution in [0.25, 0.3) is 0 Å². The summed E-state index contributed by atoms with van der Waals surface area (Å²) < 4.78 is 0. The normalized spacial score (nSPS) is 0. The Morgan fingerprint density at radius 1 is 1.00 bits per heavy atom. The van der Waals surface area contributed by atoms with Gasteiger partial charge in [-0.05, 0) is 0 Å². The van der Waals surface area contributed by atoms with Crippen LogP contribution >= 0.6 is 13.5 Å². The average Bonchev–Trinajstić information content (AvgIpc) is 0. The van der Waals surface area contributed by atoms with E-state index in [1.807, 2.05) is 0 Å². The van der Waals surface area contributed by atoms with E-state index in [0.717, 1.165) is 0 Å². The Labute approximate surface area is 64.3 Å². The van der Waals surface area contributed by atoms with E-state index in [-0.39, 0.29) is 64.7 Å². The molecule has 0 bridgehead atoms. The van der Waals surface area contributed by atoms with Crippen LogP contribution in [0.3, 0.4) is 0 Å². The Morgan fingerprint density at radius 3 is 1.00 bits per heavy atom. The van der Waals surface area contributed by atoms with E-state index in [4.69, 9.17) is 0 Å². The van der Waals surface area contributed by atoms with Crippen LogP contribution in [0.15, 0.2) is 0 Å². The Hall–Kier alpha value is 1.91. The molecule has 0 aliphatic heterocycles. The van der Waals surface area contributed by atoms with Gasteiger partial charge in [0.25, 0.3) is 0 Å². The molecule has 0 atom stereocenters. The van der Waals surface area contributed by atoms with E-state index in [0.29, 0.717) is 0 Å². The zero-order valence-electron chi connectivity index (χ0n) is 1.66. The van der Waals surface area contributed by atoms with Crippen molar-refractivity contribution in [2.45, 2.75) is 0 Å². The molecule has 0 aromatic rings. The van der Waals surface area contributed by atoms with Gasteiger partial charge in [0.1, 0.15) is 0 Å². The van der Waals surface area contributed by atoms with Crippen molar-refractivity contribution < 1.29 is 34.1 Å². The first-order valence-electron chi connectivity index (χ1n) is 0. The zero-order valence-corrected chi connectivity index (χ0v) is 6.80. The molecule has 4 heteroatoms. The van der Waals surface area contributed by atoms with Gasteiger partial charge in [-0.2, -0.15) is 13.5 Å². The molecule has 0 spiro atoms. The molecule has 4 heavy (non-hydrogen) atoms. The molecule has 0 unspecified atom stereocenters. The monoisotopic (exact) mass is 235 g/mol. The molecule has 0 fully saturated rings. The maximum absolute atomic E-state index is 0. The summed E-state index contributed by atoms with van der Waals surface area (Å²) in [4.78, 5) is 0. The second kappa shape index (κ2) is 20.6. The fraction of sp³-hybridized carbons (Fsp3) is 0. The van der Waals surface area contributed by atoms with Gasteiger partial charge in [-0.1, -0.05) is 0 Å². The SMILES string of the molecule is S.[Cu].[Fe].[SeH2]. The van der Waals surface area contributed by atoms with Gasteiger partial charge in [-0.25, -0.2) is 0 Å². The zero-order chi connectivity index (χ0) is 0. The molecule has 0 aliphatic carbocycles. The molecule has 0 heterocycles. The molecular formula is H4CuFeSSe. The van der Waals surface area contributed by atoms with E-state index in [1.54, 1.807) is 0 Å². The third-order valence-corrected chi connectivity index (χ3v) is 0. The predicted octanol–water partition coefficient (Wildman–Crippen LogP) is -0.808. The summed E-state index contributed by atoms with van der Waals surface area (Å²) in [6.45, 7) is 0. The molecule has 0 aromatic carbocycles. The van der Waals surface area contributed by atoms with Crippen molar-refractivity contribution in [3.63, 3.8) is 0 Å². The predicted molar refractivity (Wildman–Crippen MR) is 18.9 cm³/mol. The molecule has 0 saturated carbocycles. The Balaban J connectivity index is 0. The van der Waals surface area contributed by atoms with Gasteiger partial charge in [0.15, 0.2) is 0 Å². The molecule has 0 amide bonds. The van der Waals surface area contributed by atoms with Crippen molar-refractivity contribution in [2.24, 2.45) is 0 Å². The second-order valence-corrected chi connectivity index (χ2v) is 0. The third-order valence-electron chi connectivity index (χ3n) is 0. The van der Waals surface area contributed by atoms with Gasteiger partial charge in [0, 0.05) is 34.1 Å². The molecule has 0 rings (SSSR count). The maximum atomic E-state index is 0. The molecule has 35 valence electrons. The molecule has 0 nitrogen and oxygen atoms in total. The van der Waals surface area contributed by atoms with Crippen LogP contribution < -0.4 is 0 Å². The molecule has 0 aliphatic rings. The second-order valence-electron chi connectivity index (χ2n) is 0. The summed E-state index contributed by atoms with van der Waals surface area (Å²) >= 11 is 0. The van der Waals surface area contributed by atoms with E-state index >= 15 is 0 Å². The van der Waals surface area contributed by atoms with Crippen molar-refractivity contribution in [2.75, 3.05) is 0 Å². The van der Waals surface area contributed by atoms with Crippen LogP contribution in [0.4, 0.5) is 0 Å². The van der Waals surface area contributed by atoms with Crippen molar-refractivity contribution in [1.82, 2.24) is 0 Å². The summed E-state index contributed by atoms with van der Waals surface area (Å²) in [7, 11) is 0. The molecule has 0 N–H and O–H groups in total. The van der Waals surface area contributed by atoms with Gasteiger partial charge >= 0.3 is 17.1 Å².